The maximum atomic E-state index is 13.3. The maximum Gasteiger partial charge on any atom is 0.261 e. The summed E-state index contributed by atoms with van der Waals surface area (Å²) < 4.78 is 0.855. The summed E-state index contributed by atoms with van der Waals surface area (Å²) in [6.45, 7) is 2.97. The number of carbonyl (C=O) groups excluding carboxylic acids is 2. The molecule has 0 spiro atoms. The minimum absolute atomic E-state index is 0. The highest BCUT2D eigenvalue weighted by Crippen LogP contribution is 2.39. The van der Waals surface area contributed by atoms with Crippen LogP contribution in [0.25, 0.3) is 10.8 Å². The van der Waals surface area contributed by atoms with Gasteiger partial charge in [-0.15, -0.1) is 12.4 Å². The minimum atomic E-state index is -0.164. The monoisotopic (exact) mass is 483 g/mol. The first-order valence-corrected chi connectivity index (χ1v) is 9.75. The maximum absolute atomic E-state index is 13.3. The molecule has 26 heavy (non-hydrogen) atoms. The minimum Gasteiger partial charge on any atom is -0.397 e. The van der Waals surface area contributed by atoms with E-state index in [1.807, 2.05) is 24.3 Å². The molecular formula is C19H19ClIN3O2. The van der Waals surface area contributed by atoms with Gasteiger partial charge in [0.25, 0.3) is 11.8 Å². The quantitative estimate of drug-likeness (QED) is 0.384. The zero-order valence-corrected chi connectivity index (χ0v) is 17.0. The van der Waals surface area contributed by atoms with E-state index in [1.54, 1.807) is 4.90 Å². The normalized spacial score (nSPS) is 27.0. The van der Waals surface area contributed by atoms with Crippen molar-refractivity contribution in [3.05, 3.63) is 39.0 Å². The van der Waals surface area contributed by atoms with Gasteiger partial charge in [-0.2, -0.15) is 0 Å². The molecule has 1 atom stereocenters. The molecule has 0 radical (unpaired) electrons. The summed E-state index contributed by atoms with van der Waals surface area (Å²) in [5.41, 5.74) is 8.05. The molecule has 1 unspecified atom stereocenters. The summed E-state index contributed by atoms with van der Waals surface area (Å²) in [4.78, 5) is 30.4. The Balaban J connectivity index is 0.00000168. The average Bonchev–Trinajstić information content (AvgIpc) is 2.64. The third-order valence-corrected chi connectivity index (χ3v) is 6.90. The van der Waals surface area contributed by atoms with Crippen LogP contribution < -0.4 is 5.73 Å². The van der Waals surface area contributed by atoms with Crippen LogP contribution in [0.2, 0.25) is 0 Å². The number of hydrogen-bond donors (Lipinski definition) is 1. The van der Waals surface area contributed by atoms with Gasteiger partial charge in [-0.25, -0.2) is 0 Å². The molecule has 2 aromatic carbocycles. The van der Waals surface area contributed by atoms with Crippen molar-refractivity contribution in [2.75, 3.05) is 25.4 Å². The number of piperidine rings is 3. The fourth-order valence-electron chi connectivity index (χ4n) is 4.70. The number of amides is 2. The molecule has 136 valence electrons. The second kappa shape index (κ2) is 6.35. The van der Waals surface area contributed by atoms with Gasteiger partial charge in [0.15, 0.2) is 0 Å². The predicted molar refractivity (Wildman–Crippen MR) is 112 cm³/mol. The van der Waals surface area contributed by atoms with Crippen LogP contribution >= 0.6 is 35.0 Å². The molecule has 5 nitrogen and oxygen atoms in total. The number of halogens is 2. The van der Waals surface area contributed by atoms with Crippen LogP contribution in [0.4, 0.5) is 5.69 Å². The van der Waals surface area contributed by atoms with Gasteiger partial charge in [0, 0.05) is 32.0 Å². The molecule has 2 N–H and O–H groups in total. The van der Waals surface area contributed by atoms with Crippen molar-refractivity contribution in [3.63, 3.8) is 0 Å². The van der Waals surface area contributed by atoms with E-state index in [4.69, 9.17) is 5.73 Å². The van der Waals surface area contributed by atoms with Gasteiger partial charge in [0.2, 0.25) is 0 Å². The summed E-state index contributed by atoms with van der Waals surface area (Å²) >= 11 is 2.16. The number of hydrogen-bond acceptors (Lipinski definition) is 4. The van der Waals surface area contributed by atoms with Crippen LogP contribution in [0.5, 0.6) is 0 Å². The summed E-state index contributed by atoms with van der Waals surface area (Å²) in [6, 6.07) is 7.40. The lowest BCUT2D eigenvalue weighted by atomic mass is 9.81. The number of nitrogen functional groups attached to an aromatic ring is 1. The molecular weight excluding hydrogens is 465 g/mol. The van der Waals surface area contributed by atoms with E-state index < -0.39 is 0 Å². The third-order valence-electron chi connectivity index (χ3n) is 6.00. The van der Waals surface area contributed by atoms with Crippen molar-refractivity contribution in [2.45, 2.75) is 18.9 Å². The van der Waals surface area contributed by atoms with Crippen molar-refractivity contribution >= 4 is 63.3 Å². The Hall–Kier alpha value is -1.38. The highest BCUT2D eigenvalue weighted by Gasteiger charge is 2.45. The molecule has 4 heterocycles. The Morgan fingerprint density at radius 3 is 2.42 bits per heavy atom. The van der Waals surface area contributed by atoms with Crippen molar-refractivity contribution < 1.29 is 9.59 Å². The number of anilines is 1. The SMILES string of the molecule is Cl.Nc1c(I)cc2c3c(cccc13)C(=O)N(C1CN3CCC1CC3)C2=O. The number of imide groups is 1. The van der Waals surface area contributed by atoms with E-state index in [0.29, 0.717) is 28.1 Å². The average molecular weight is 484 g/mol. The van der Waals surface area contributed by atoms with Crippen LogP contribution in [0.1, 0.15) is 33.6 Å². The van der Waals surface area contributed by atoms with Crippen molar-refractivity contribution in [1.29, 1.82) is 0 Å². The van der Waals surface area contributed by atoms with Crippen LogP contribution in [-0.2, 0) is 0 Å². The lowest BCUT2D eigenvalue weighted by Crippen LogP contribution is -2.60. The number of carbonyl (C=O) groups is 2. The molecule has 2 bridgehead atoms. The van der Waals surface area contributed by atoms with Gasteiger partial charge in [-0.3, -0.25) is 14.5 Å². The van der Waals surface area contributed by atoms with Crippen molar-refractivity contribution in [2.24, 2.45) is 5.92 Å². The largest absolute Gasteiger partial charge is 0.397 e. The highest BCUT2D eigenvalue weighted by atomic mass is 127. The van der Waals surface area contributed by atoms with Gasteiger partial charge >= 0.3 is 0 Å². The second-order valence-corrected chi connectivity index (χ2v) is 8.40. The Bertz CT molecular complexity index is 940. The lowest BCUT2D eigenvalue weighted by Gasteiger charge is -2.49. The third kappa shape index (κ3) is 2.38. The standard InChI is InChI=1S/C19H18IN3O2.ClH/c20-14-8-13-16-11(17(14)21)2-1-3-12(16)18(24)23(19(13)25)15-9-22-6-4-10(15)5-7-22;/h1-3,8,10,15H,4-7,9,21H2;1H. The smallest absolute Gasteiger partial charge is 0.261 e. The zero-order chi connectivity index (χ0) is 17.3. The van der Waals surface area contributed by atoms with E-state index >= 15 is 0 Å². The Morgan fingerprint density at radius 2 is 1.77 bits per heavy atom. The number of nitrogens with zero attached hydrogens (tertiary/aromatic N) is 2. The van der Waals surface area contributed by atoms with Crippen LogP contribution in [0, 0.1) is 9.49 Å². The van der Waals surface area contributed by atoms with Crippen molar-refractivity contribution in [1.82, 2.24) is 9.80 Å². The molecule has 2 amide bonds. The van der Waals surface area contributed by atoms with Gasteiger partial charge in [-0.1, -0.05) is 12.1 Å². The lowest BCUT2D eigenvalue weighted by molar-refractivity contribution is 0.00881. The van der Waals surface area contributed by atoms with Gasteiger partial charge in [0.1, 0.15) is 0 Å². The summed E-state index contributed by atoms with van der Waals surface area (Å²) in [6.07, 6.45) is 2.14. The van der Waals surface area contributed by atoms with Crippen LogP contribution in [-0.4, -0.2) is 47.3 Å². The topological polar surface area (TPSA) is 66.6 Å². The molecule has 4 aliphatic rings. The van der Waals surface area contributed by atoms with E-state index in [0.717, 1.165) is 41.4 Å². The predicted octanol–water partition coefficient (Wildman–Crippen LogP) is 3.14. The Kier molecular flexibility index (Phi) is 4.40. The number of fused-ring (bicyclic) bond motifs is 3. The number of rotatable bonds is 1. The van der Waals surface area contributed by atoms with E-state index in [2.05, 4.69) is 27.5 Å². The summed E-state index contributed by atoms with van der Waals surface area (Å²) in [5, 5.41) is 1.52. The molecule has 4 aliphatic heterocycles. The Morgan fingerprint density at radius 1 is 1.08 bits per heavy atom. The van der Waals surface area contributed by atoms with E-state index in [1.165, 1.54) is 0 Å². The molecule has 7 heteroatoms. The molecule has 6 rings (SSSR count). The van der Waals surface area contributed by atoms with E-state index in [9.17, 15) is 9.59 Å². The van der Waals surface area contributed by atoms with E-state index in [-0.39, 0.29) is 30.3 Å². The first-order valence-electron chi connectivity index (χ1n) is 8.67. The summed E-state index contributed by atoms with van der Waals surface area (Å²) in [7, 11) is 0. The fraction of sp³-hybridized carbons (Fsp3) is 0.368. The first kappa shape index (κ1) is 18.0. The molecule has 0 aromatic heterocycles. The highest BCUT2D eigenvalue weighted by molar-refractivity contribution is 14.1. The van der Waals surface area contributed by atoms with Crippen molar-refractivity contribution in [3.8, 4) is 0 Å². The number of benzene rings is 2. The molecule has 3 saturated heterocycles. The van der Waals surface area contributed by atoms with Gasteiger partial charge in [0.05, 0.1) is 11.7 Å². The van der Waals surface area contributed by atoms with Gasteiger partial charge in [-0.05, 0) is 66.6 Å². The fourth-order valence-corrected chi connectivity index (χ4v) is 5.30. The molecule has 3 fully saturated rings. The van der Waals surface area contributed by atoms with Crippen LogP contribution in [0.15, 0.2) is 24.3 Å². The first-order chi connectivity index (χ1) is 12.1. The Labute approximate surface area is 171 Å². The summed E-state index contributed by atoms with van der Waals surface area (Å²) in [5.74, 6) is 0.0966. The molecule has 0 aliphatic carbocycles. The molecule has 2 aromatic rings. The molecule has 0 saturated carbocycles. The van der Waals surface area contributed by atoms with Crippen LogP contribution in [0.3, 0.4) is 0 Å². The zero-order valence-electron chi connectivity index (χ0n) is 14.1. The number of nitrogens with two attached hydrogens (primary N) is 1. The van der Waals surface area contributed by atoms with Gasteiger partial charge < -0.3 is 10.6 Å². The second-order valence-electron chi connectivity index (χ2n) is 7.23.